The molecule has 18 heavy (non-hydrogen) atoms. The Morgan fingerprint density at radius 3 is 2.50 bits per heavy atom. The first-order chi connectivity index (χ1) is 8.83. The third kappa shape index (κ3) is 4.09. The molecule has 0 amide bonds. The first-order valence-corrected chi connectivity index (χ1v) is 6.64. The zero-order chi connectivity index (χ0) is 12.8. The van der Waals surface area contributed by atoms with Crippen LogP contribution in [0.5, 0.6) is 0 Å². The summed E-state index contributed by atoms with van der Waals surface area (Å²) in [7, 11) is 3.42. The molecule has 1 aromatic rings. The molecule has 1 fully saturated rings. The third-order valence-corrected chi connectivity index (χ3v) is 3.42. The van der Waals surface area contributed by atoms with Crippen molar-refractivity contribution in [3.8, 4) is 0 Å². The minimum absolute atomic E-state index is 0.126. The molecule has 100 valence electrons. The Morgan fingerprint density at radius 1 is 1.22 bits per heavy atom. The molecule has 0 aliphatic heterocycles. The van der Waals surface area contributed by atoms with Crippen molar-refractivity contribution in [3.05, 3.63) is 35.4 Å². The SMILES string of the molecule is COCC(CNCc1ccc(C2CC2)cc1)OC. The molecule has 0 radical (unpaired) electrons. The van der Waals surface area contributed by atoms with E-state index in [4.69, 9.17) is 9.47 Å². The van der Waals surface area contributed by atoms with E-state index in [0.717, 1.165) is 19.0 Å². The summed E-state index contributed by atoms with van der Waals surface area (Å²) in [5.41, 5.74) is 2.82. The van der Waals surface area contributed by atoms with E-state index in [1.54, 1.807) is 14.2 Å². The molecule has 0 spiro atoms. The van der Waals surface area contributed by atoms with Gasteiger partial charge in [-0.05, 0) is 29.9 Å². The van der Waals surface area contributed by atoms with E-state index in [0.29, 0.717) is 6.61 Å². The number of methoxy groups -OCH3 is 2. The fourth-order valence-electron chi connectivity index (χ4n) is 2.10. The highest BCUT2D eigenvalue weighted by molar-refractivity contribution is 5.27. The van der Waals surface area contributed by atoms with Gasteiger partial charge in [0.25, 0.3) is 0 Å². The van der Waals surface area contributed by atoms with Crippen LogP contribution in [0.25, 0.3) is 0 Å². The Morgan fingerprint density at radius 2 is 1.94 bits per heavy atom. The van der Waals surface area contributed by atoms with Crippen LogP contribution in [0, 0.1) is 0 Å². The molecular weight excluding hydrogens is 226 g/mol. The molecule has 1 unspecified atom stereocenters. The van der Waals surface area contributed by atoms with Gasteiger partial charge >= 0.3 is 0 Å². The van der Waals surface area contributed by atoms with Gasteiger partial charge in [-0.3, -0.25) is 0 Å². The van der Waals surface area contributed by atoms with Crippen molar-refractivity contribution >= 4 is 0 Å². The van der Waals surface area contributed by atoms with Gasteiger partial charge in [0.1, 0.15) is 0 Å². The molecule has 1 atom stereocenters. The normalized spacial score (nSPS) is 16.8. The van der Waals surface area contributed by atoms with Gasteiger partial charge in [0.2, 0.25) is 0 Å². The highest BCUT2D eigenvalue weighted by Crippen LogP contribution is 2.39. The lowest BCUT2D eigenvalue weighted by Crippen LogP contribution is -2.31. The summed E-state index contributed by atoms with van der Waals surface area (Å²) in [6, 6.07) is 8.97. The van der Waals surface area contributed by atoms with Crippen LogP contribution in [-0.2, 0) is 16.0 Å². The number of hydrogen-bond donors (Lipinski definition) is 1. The van der Waals surface area contributed by atoms with Gasteiger partial charge in [0.05, 0.1) is 12.7 Å². The van der Waals surface area contributed by atoms with Crippen molar-refractivity contribution in [1.29, 1.82) is 0 Å². The van der Waals surface area contributed by atoms with E-state index in [1.807, 2.05) is 0 Å². The predicted octanol–water partition coefficient (Wildman–Crippen LogP) is 2.32. The number of nitrogens with one attached hydrogen (secondary N) is 1. The average Bonchev–Trinajstić information content (AvgIpc) is 3.23. The Bertz CT molecular complexity index is 346. The molecule has 1 aliphatic rings. The van der Waals surface area contributed by atoms with Gasteiger partial charge in [-0.25, -0.2) is 0 Å². The largest absolute Gasteiger partial charge is 0.382 e. The molecule has 0 aromatic heterocycles. The minimum Gasteiger partial charge on any atom is -0.382 e. The van der Waals surface area contributed by atoms with E-state index in [2.05, 4.69) is 29.6 Å². The van der Waals surface area contributed by atoms with Crippen molar-refractivity contribution in [1.82, 2.24) is 5.32 Å². The van der Waals surface area contributed by atoms with Crippen molar-refractivity contribution in [3.63, 3.8) is 0 Å². The van der Waals surface area contributed by atoms with Crippen LogP contribution >= 0.6 is 0 Å². The highest BCUT2D eigenvalue weighted by atomic mass is 16.5. The molecule has 0 saturated heterocycles. The van der Waals surface area contributed by atoms with Crippen LogP contribution < -0.4 is 5.32 Å². The Labute approximate surface area is 109 Å². The number of benzene rings is 1. The van der Waals surface area contributed by atoms with Crippen LogP contribution in [-0.4, -0.2) is 33.5 Å². The Balaban J connectivity index is 1.72. The van der Waals surface area contributed by atoms with Gasteiger partial charge in [0.15, 0.2) is 0 Å². The monoisotopic (exact) mass is 249 g/mol. The zero-order valence-corrected chi connectivity index (χ0v) is 11.3. The molecule has 0 bridgehead atoms. The van der Waals surface area contributed by atoms with Gasteiger partial charge in [-0.15, -0.1) is 0 Å². The van der Waals surface area contributed by atoms with E-state index in [9.17, 15) is 0 Å². The van der Waals surface area contributed by atoms with Gasteiger partial charge in [0, 0.05) is 27.3 Å². The van der Waals surface area contributed by atoms with Gasteiger partial charge < -0.3 is 14.8 Å². The number of ether oxygens (including phenoxy) is 2. The zero-order valence-electron chi connectivity index (χ0n) is 11.3. The molecule has 3 nitrogen and oxygen atoms in total. The maximum atomic E-state index is 5.30. The second-order valence-electron chi connectivity index (χ2n) is 4.96. The minimum atomic E-state index is 0.126. The molecule has 1 saturated carbocycles. The van der Waals surface area contributed by atoms with E-state index in [-0.39, 0.29) is 6.10 Å². The van der Waals surface area contributed by atoms with Crippen LogP contribution in [0.4, 0.5) is 0 Å². The highest BCUT2D eigenvalue weighted by Gasteiger charge is 2.22. The van der Waals surface area contributed by atoms with Gasteiger partial charge in [-0.2, -0.15) is 0 Å². The Kier molecular flexibility index (Phi) is 5.17. The van der Waals surface area contributed by atoms with Crippen LogP contribution in [0.15, 0.2) is 24.3 Å². The molecular formula is C15H23NO2. The quantitative estimate of drug-likeness (QED) is 0.767. The van der Waals surface area contributed by atoms with Gasteiger partial charge in [-0.1, -0.05) is 24.3 Å². The fourth-order valence-corrected chi connectivity index (χ4v) is 2.10. The summed E-state index contributed by atoms with van der Waals surface area (Å²) in [6.45, 7) is 2.33. The fraction of sp³-hybridized carbons (Fsp3) is 0.600. The molecule has 1 N–H and O–H groups in total. The Hall–Kier alpha value is -0.900. The topological polar surface area (TPSA) is 30.5 Å². The average molecular weight is 249 g/mol. The van der Waals surface area contributed by atoms with E-state index >= 15 is 0 Å². The number of rotatable bonds is 8. The first kappa shape index (κ1) is 13.5. The second kappa shape index (κ2) is 6.88. The van der Waals surface area contributed by atoms with Crippen molar-refractivity contribution in [2.75, 3.05) is 27.4 Å². The van der Waals surface area contributed by atoms with Crippen molar-refractivity contribution in [2.45, 2.75) is 31.4 Å². The van der Waals surface area contributed by atoms with Crippen LogP contribution in [0.1, 0.15) is 29.9 Å². The lowest BCUT2D eigenvalue weighted by Gasteiger charge is -2.15. The summed E-state index contributed by atoms with van der Waals surface area (Å²) in [5, 5.41) is 3.40. The van der Waals surface area contributed by atoms with E-state index in [1.165, 1.54) is 24.0 Å². The number of hydrogen-bond acceptors (Lipinski definition) is 3. The lowest BCUT2D eigenvalue weighted by atomic mass is 10.1. The summed E-state index contributed by atoms with van der Waals surface area (Å²) in [5.74, 6) is 0.839. The standard InChI is InChI=1S/C15H23NO2/c1-17-11-15(18-2)10-16-9-12-3-5-13(6-4-12)14-7-8-14/h3-6,14-16H,7-11H2,1-2H3. The molecule has 0 heterocycles. The summed E-state index contributed by atoms with van der Waals surface area (Å²) < 4.78 is 10.4. The molecule has 1 aliphatic carbocycles. The molecule has 1 aromatic carbocycles. The molecule has 2 rings (SSSR count). The summed E-state index contributed by atoms with van der Waals surface area (Å²) >= 11 is 0. The smallest absolute Gasteiger partial charge is 0.0928 e. The molecule has 3 heteroatoms. The summed E-state index contributed by atoms with van der Waals surface area (Å²) in [4.78, 5) is 0. The lowest BCUT2D eigenvalue weighted by molar-refractivity contribution is 0.0288. The van der Waals surface area contributed by atoms with Crippen molar-refractivity contribution in [2.24, 2.45) is 0 Å². The second-order valence-corrected chi connectivity index (χ2v) is 4.96. The van der Waals surface area contributed by atoms with Crippen molar-refractivity contribution < 1.29 is 9.47 Å². The van der Waals surface area contributed by atoms with E-state index < -0.39 is 0 Å². The first-order valence-electron chi connectivity index (χ1n) is 6.64. The predicted molar refractivity (Wildman–Crippen MR) is 72.8 cm³/mol. The maximum absolute atomic E-state index is 5.30. The third-order valence-electron chi connectivity index (χ3n) is 3.42. The van der Waals surface area contributed by atoms with Crippen LogP contribution in [0.3, 0.4) is 0 Å². The summed E-state index contributed by atoms with van der Waals surface area (Å²) in [6.07, 6.45) is 2.86. The van der Waals surface area contributed by atoms with Crippen LogP contribution in [0.2, 0.25) is 0 Å². The maximum Gasteiger partial charge on any atom is 0.0928 e.